The molecule has 0 spiro atoms. The zero-order valence-electron chi connectivity index (χ0n) is 17.8. The summed E-state index contributed by atoms with van der Waals surface area (Å²) >= 11 is 0. The van der Waals surface area contributed by atoms with Gasteiger partial charge >= 0.3 is 5.97 Å². The number of H-pyrrole nitrogens is 1. The molecule has 0 aliphatic carbocycles. The Hall–Kier alpha value is -2.96. The van der Waals surface area contributed by atoms with Gasteiger partial charge in [0.1, 0.15) is 11.5 Å². The number of hydrogen-bond donors (Lipinski definition) is 1. The van der Waals surface area contributed by atoms with Crippen molar-refractivity contribution in [1.82, 2.24) is 9.88 Å². The molecule has 0 unspecified atom stereocenters. The molecule has 1 aromatic carbocycles. The number of nitrogens with one attached hydrogen (secondary N) is 1. The highest BCUT2D eigenvalue weighted by atomic mass is 19.1. The smallest absolute Gasteiger partial charge is 0.340 e. The summed E-state index contributed by atoms with van der Waals surface area (Å²) in [6.07, 6.45) is 2.64. The summed E-state index contributed by atoms with van der Waals surface area (Å²) in [5, 5.41) is 0. The highest BCUT2D eigenvalue weighted by molar-refractivity contribution is 6.44. The molecule has 2 atom stereocenters. The maximum absolute atomic E-state index is 14.7. The molecular formula is C23H27FN2O4. The van der Waals surface area contributed by atoms with Gasteiger partial charge in [0.2, 0.25) is 0 Å². The van der Waals surface area contributed by atoms with E-state index in [9.17, 15) is 18.8 Å². The van der Waals surface area contributed by atoms with Crippen LogP contribution in [0, 0.1) is 12.7 Å². The summed E-state index contributed by atoms with van der Waals surface area (Å²) in [6, 6.07) is 5.73. The molecule has 2 heterocycles. The molecule has 0 bridgehead atoms. The number of carbonyl (C=O) groups excluding carboxylic acids is 3. The first-order chi connectivity index (χ1) is 14.3. The summed E-state index contributed by atoms with van der Waals surface area (Å²) in [7, 11) is 0. The number of ketones is 1. The van der Waals surface area contributed by atoms with Gasteiger partial charge in [-0.15, -0.1) is 0 Å². The molecule has 1 aliphatic rings. The van der Waals surface area contributed by atoms with E-state index < -0.39 is 23.5 Å². The molecule has 0 radical (unpaired) electrons. The summed E-state index contributed by atoms with van der Waals surface area (Å²) < 4.78 is 19.8. The number of likely N-dealkylation sites (tertiary alicyclic amines) is 1. The van der Waals surface area contributed by atoms with E-state index in [4.69, 9.17) is 4.74 Å². The lowest BCUT2D eigenvalue weighted by Crippen LogP contribution is -2.50. The number of benzene rings is 1. The van der Waals surface area contributed by atoms with Crippen LogP contribution >= 0.6 is 0 Å². The number of esters is 1. The number of piperidine rings is 1. The Morgan fingerprint density at radius 1 is 1.17 bits per heavy atom. The number of halogens is 1. The number of Topliss-reactive ketones (excluding diaryl/α,β-unsaturated/α-hetero) is 1. The fraction of sp³-hybridized carbons (Fsp3) is 0.435. The first-order valence-corrected chi connectivity index (χ1v) is 10.3. The van der Waals surface area contributed by atoms with Gasteiger partial charge in [-0.3, -0.25) is 9.59 Å². The molecule has 1 aliphatic heterocycles. The Balaban J connectivity index is 2.14. The lowest BCUT2D eigenvalue weighted by molar-refractivity contribution is -0.132. The number of carbonyl (C=O) groups is 3. The maximum atomic E-state index is 14.7. The van der Waals surface area contributed by atoms with Gasteiger partial charge in [-0.25, -0.2) is 9.18 Å². The molecule has 6 nitrogen and oxygen atoms in total. The van der Waals surface area contributed by atoms with Gasteiger partial charge in [0.05, 0.1) is 12.2 Å². The van der Waals surface area contributed by atoms with E-state index in [1.54, 1.807) is 24.8 Å². The number of hydrogen-bond acceptors (Lipinski definition) is 4. The van der Waals surface area contributed by atoms with Crippen molar-refractivity contribution >= 4 is 17.7 Å². The van der Waals surface area contributed by atoms with Gasteiger partial charge in [-0.05, 0) is 53.0 Å². The first-order valence-electron chi connectivity index (χ1n) is 10.3. The average Bonchev–Trinajstić information content (AvgIpc) is 3.04. The van der Waals surface area contributed by atoms with Gasteiger partial charge in [0, 0.05) is 28.9 Å². The number of aromatic amines is 1. The van der Waals surface area contributed by atoms with Crippen LogP contribution in [0.4, 0.5) is 4.39 Å². The molecule has 3 rings (SSSR count). The Morgan fingerprint density at radius 2 is 1.80 bits per heavy atom. The van der Waals surface area contributed by atoms with Crippen molar-refractivity contribution in [2.45, 2.75) is 59.0 Å². The largest absolute Gasteiger partial charge is 0.462 e. The van der Waals surface area contributed by atoms with E-state index in [-0.39, 0.29) is 41.1 Å². The van der Waals surface area contributed by atoms with Crippen LogP contribution < -0.4 is 0 Å². The zero-order valence-corrected chi connectivity index (χ0v) is 17.8. The molecule has 1 amide bonds. The second kappa shape index (κ2) is 8.81. The van der Waals surface area contributed by atoms with Crippen molar-refractivity contribution in [2.24, 2.45) is 0 Å². The van der Waals surface area contributed by atoms with Crippen molar-refractivity contribution in [3.8, 4) is 11.1 Å². The monoisotopic (exact) mass is 414 g/mol. The third kappa shape index (κ3) is 3.88. The number of amides is 1. The fourth-order valence-corrected chi connectivity index (χ4v) is 4.23. The van der Waals surface area contributed by atoms with E-state index in [0.717, 1.165) is 19.3 Å². The normalized spacial score (nSPS) is 18.9. The minimum atomic E-state index is -0.785. The van der Waals surface area contributed by atoms with E-state index in [1.807, 2.05) is 13.8 Å². The van der Waals surface area contributed by atoms with Crippen LogP contribution in [-0.4, -0.2) is 46.2 Å². The van der Waals surface area contributed by atoms with Crippen molar-refractivity contribution in [1.29, 1.82) is 0 Å². The molecule has 160 valence electrons. The summed E-state index contributed by atoms with van der Waals surface area (Å²) in [4.78, 5) is 43.5. The number of ether oxygens (including phenoxy) is 1. The molecular weight excluding hydrogens is 387 g/mol. The lowest BCUT2D eigenvalue weighted by atomic mass is 9.95. The van der Waals surface area contributed by atoms with Crippen molar-refractivity contribution in [3.63, 3.8) is 0 Å². The number of aryl methyl sites for hydroxylation is 1. The molecule has 0 saturated carbocycles. The first kappa shape index (κ1) is 21.7. The summed E-state index contributed by atoms with van der Waals surface area (Å²) in [5.74, 6) is -2.70. The van der Waals surface area contributed by atoms with E-state index in [1.165, 1.54) is 18.2 Å². The zero-order chi connectivity index (χ0) is 22.0. The maximum Gasteiger partial charge on any atom is 0.340 e. The number of nitrogens with zero attached hydrogens (tertiary/aromatic N) is 1. The topological polar surface area (TPSA) is 79.5 Å². The second-order valence-corrected chi connectivity index (χ2v) is 7.75. The lowest BCUT2D eigenvalue weighted by Gasteiger charge is -2.38. The van der Waals surface area contributed by atoms with Crippen molar-refractivity contribution < 1.29 is 23.5 Å². The third-order valence-electron chi connectivity index (χ3n) is 5.66. The minimum Gasteiger partial charge on any atom is -0.462 e. The average molecular weight is 414 g/mol. The van der Waals surface area contributed by atoms with Crippen LogP contribution in [-0.2, 0) is 9.53 Å². The highest BCUT2D eigenvalue weighted by Crippen LogP contribution is 2.34. The Kier molecular flexibility index (Phi) is 6.39. The third-order valence-corrected chi connectivity index (χ3v) is 5.66. The van der Waals surface area contributed by atoms with Crippen LogP contribution in [0.3, 0.4) is 0 Å². The number of aromatic nitrogens is 1. The van der Waals surface area contributed by atoms with Gasteiger partial charge in [-0.2, -0.15) is 0 Å². The Morgan fingerprint density at radius 3 is 2.40 bits per heavy atom. The minimum absolute atomic E-state index is 0.0669. The molecule has 1 fully saturated rings. The molecule has 1 saturated heterocycles. The fourth-order valence-electron chi connectivity index (χ4n) is 4.23. The van der Waals surface area contributed by atoms with E-state index in [0.29, 0.717) is 5.69 Å². The van der Waals surface area contributed by atoms with Gasteiger partial charge in [-0.1, -0.05) is 18.2 Å². The van der Waals surface area contributed by atoms with Crippen LogP contribution in [0.15, 0.2) is 24.3 Å². The summed E-state index contributed by atoms with van der Waals surface area (Å²) in [6.45, 7) is 7.23. The van der Waals surface area contributed by atoms with Crippen molar-refractivity contribution in [3.05, 3.63) is 47.0 Å². The highest BCUT2D eigenvalue weighted by Gasteiger charge is 2.37. The molecule has 2 aromatic rings. The predicted molar refractivity (Wildman–Crippen MR) is 111 cm³/mol. The molecule has 1 N–H and O–H groups in total. The van der Waals surface area contributed by atoms with Crippen LogP contribution in [0.2, 0.25) is 0 Å². The standard InChI is InChI=1S/C23H27FN2O4/c1-5-30-23(29)18-15(4)25-20(19(18)16-11-6-7-12-17(16)24)21(27)22(28)26-13(2)9-8-10-14(26)3/h6-7,11-14,25H,5,8-10H2,1-4H3/t13-,14-/m0/s1. The Labute approximate surface area is 175 Å². The van der Waals surface area contributed by atoms with Crippen LogP contribution in [0.1, 0.15) is 66.6 Å². The van der Waals surface area contributed by atoms with Gasteiger partial charge in [0.25, 0.3) is 11.7 Å². The molecule has 7 heteroatoms. The molecule has 30 heavy (non-hydrogen) atoms. The predicted octanol–water partition coefficient (Wildman–Crippen LogP) is 4.28. The van der Waals surface area contributed by atoms with E-state index >= 15 is 0 Å². The second-order valence-electron chi connectivity index (χ2n) is 7.75. The van der Waals surface area contributed by atoms with Gasteiger partial charge in [0.15, 0.2) is 0 Å². The van der Waals surface area contributed by atoms with Crippen molar-refractivity contribution in [2.75, 3.05) is 6.61 Å². The SMILES string of the molecule is CCOC(=O)c1c(C)[nH]c(C(=O)C(=O)N2[C@@H](C)CCC[C@@H]2C)c1-c1ccccc1F. The number of rotatable bonds is 5. The summed E-state index contributed by atoms with van der Waals surface area (Å²) in [5.41, 5.74) is 0.469. The van der Waals surface area contributed by atoms with Crippen LogP contribution in [0.5, 0.6) is 0 Å². The van der Waals surface area contributed by atoms with Gasteiger partial charge < -0.3 is 14.6 Å². The Bertz CT molecular complexity index is 972. The quantitative estimate of drug-likeness (QED) is 0.450. The van der Waals surface area contributed by atoms with Crippen LogP contribution in [0.25, 0.3) is 11.1 Å². The molecule has 1 aromatic heterocycles. The van der Waals surface area contributed by atoms with E-state index in [2.05, 4.69) is 4.98 Å².